The highest BCUT2D eigenvalue weighted by Crippen LogP contribution is 2.63. The summed E-state index contributed by atoms with van der Waals surface area (Å²) in [5.41, 5.74) is 2.80. The Balaban J connectivity index is 1.63. The van der Waals surface area contributed by atoms with Gasteiger partial charge >= 0.3 is 0 Å². The minimum atomic E-state index is -0.365. The Hall–Kier alpha value is -1.26. The van der Waals surface area contributed by atoms with Crippen LogP contribution in [0.1, 0.15) is 50.7 Å². The van der Waals surface area contributed by atoms with Crippen molar-refractivity contribution in [2.24, 2.45) is 11.8 Å². The Bertz CT molecular complexity index is 720. The van der Waals surface area contributed by atoms with Gasteiger partial charge in [-0.2, -0.15) is 0 Å². The summed E-state index contributed by atoms with van der Waals surface area (Å²) >= 11 is 0. The third-order valence-corrected chi connectivity index (χ3v) is 7.85. The van der Waals surface area contributed by atoms with Crippen LogP contribution in [-0.4, -0.2) is 48.5 Å². The zero-order valence-corrected chi connectivity index (χ0v) is 16.2. The van der Waals surface area contributed by atoms with Crippen LogP contribution < -0.4 is 9.47 Å². The molecular weight excluding hydrogens is 326 g/mol. The predicted octanol–water partition coefficient (Wildman–Crippen LogP) is 3.14. The number of piperidine rings is 1. The van der Waals surface area contributed by atoms with Crippen molar-refractivity contribution >= 4 is 0 Å². The average molecular weight is 357 g/mol. The summed E-state index contributed by atoms with van der Waals surface area (Å²) in [5, 5.41) is 10.8. The highest BCUT2D eigenvalue weighted by atomic mass is 16.5. The molecule has 2 unspecified atom stereocenters. The monoisotopic (exact) mass is 357 g/mol. The first-order valence-electron chi connectivity index (χ1n) is 10.4. The fraction of sp³-hybridized carbons (Fsp3) is 0.727. The van der Waals surface area contributed by atoms with Gasteiger partial charge in [-0.3, -0.25) is 4.90 Å². The number of likely N-dealkylation sites (tertiary alicyclic amines) is 1. The van der Waals surface area contributed by atoms with Crippen molar-refractivity contribution in [3.8, 4) is 11.5 Å². The van der Waals surface area contributed by atoms with Crippen LogP contribution in [0.25, 0.3) is 0 Å². The van der Waals surface area contributed by atoms with E-state index in [0.717, 1.165) is 49.6 Å². The second kappa shape index (κ2) is 5.87. The molecule has 26 heavy (non-hydrogen) atoms. The Labute approximate surface area is 156 Å². The van der Waals surface area contributed by atoms with E-state index in [9.17, 15) is 5.11 Å². The van der Waals surface area contributed by atoms with Gasteiger partial charge in [-0.1, -0.05) is 26.3 Å². The van der Waals surface area contributed by atoms with E-state index in [1.165, 1.54) is 24.1 Å². The maximum absolute atomic E-state index is 10.8. The molecule has 5 rings (SSSR count). The van der Waals surface area contributed by atoms with Crippen LogP contribution in [0, 0.1) is 11.8 Å². The van der Waals surface area contributed by atoms with Crippen molar-refractivity contribution in [1.82, 2.24) is 4.90 Å². The van der Waals surface area contributed by atoms with Gasteiger partial charge in [0.1, 0.15) is 6.10 Å². The summed E-state index contributed by atoms with van der Waals surface area (Å²) in [6.45, 7) is 6.98. The molecule has 2 aliphatic heterocycles. The normalized spacial score (nSPS) is 38.5. The van der Waals surface area contributed by atoms with Crippen molar-refractivity contribution in [2.45, 2.75) is 69.6 Å². The fourth-order valence-corrected chi connectivity index (χ4v) is 6.50. The number of hydrogen-bond acceptors (Lipinski definition) is 4. The summed E-state index contributed by atoms with van der Waals surface area (Å²) in [4.78, 5) is 2.75. The van der Waals surface area contributed by atoms with E-state index in [1.807, 2.05) is 0 Å². The number of hydrogen-bond donors (Lipinski definition) is 1. The van der Waals surface area contributed by atoms with Crippen molar-refractivity contribution in [1.29, 1.82) is 0 Å². The number of aliphatic hydroxyl groups is 1. The molecule has 2 aliphatic carbocycles. The molecule has 142 valence electrons. The van der Waals surface area contributed by atoms with Gasteiger partial charge in [0, 0.05) is 23.6 Å². The van der Waals surface area contributed by atoms with Crippen molar-refractivity contribution in [3.63, 3.8) is 0 Å². The molecule has 2 bridgehead atoms. The van der Waals surface area contributed by atoms with Crippen LogP contribution in [0.5, 0.6) is 11.5 Å². The van der Waals surface area contributed by atoms with Gasteiger partial charge < -0.3 is 14.6 Å². The molecule has 1 aromatic rings. The Morgan fingerprint density at radius 3 is 3.00 bits per heavy atom. The molecule has 1 spiro atoms. The lowest BCUT2D eigenvalue weighted by Gasteiger charge is -2.59. The lowest BCUT2D eigenvalue weighted by molar-refractivity contribution is -0.106. The quantitative estimate of drug-likeness (QED) is 0.899. The van der Waals surface area contributed by atoms with Crippen LogP contribution >= 0.6 is 0 Å². The second-order valence-electron chi connectivity index (χ2n) is 8.99. The minimum absolute atomic E-state index is 0.00819. The first-order chi connectivity index (χ1) is 12.6. The highest BCUT2D eigenvalue weighted by molar-refractivity contribution is 5.61. The average Bonchev–Trinajstić information content (AvgIpc) is 3.00. The molecule has 2 heterocycles. The van der Waals surface area contributed by atoms with E-state index >= 15 is 0 Å². The van der Waals surface area contributed by atoms with Gasteiger partial charge in [0.25, 0.3) is 0 Å². The maximum atomic E-state index is 10.8. The van der Waals surface area contributed by atoms with E-state index in [-0.39, 0.29) is 17.6 Å². The Morgan fingerprint density at radius 2 is 2.23 bits per heavy atom. The molecular formula is C22H31NO3. The topological polar surface area (TPSA) is 41.9 Å². The molecule has 0 radical (unpaired) electrons. The first-order valence-corrected chi connectivity index (χ1v) is 10.4. The van der Waals surface area contributed by atoms with Crippen LogP contribution in [0.4, 0.5) is 0 Å². The zero-order chi connectivity index (χ0) is 18.1. The third kappa shape index (κ3) is 2.03. The molecule has 0 amide bonds. The smallest absolute Gasteiger partial charge is 0.165 e. The summed E-state index contributed by atoms with van der Waals surface area (Å²) in [6.07, 6.45) is 4.95. The van der Waals surface area contributed by atoms with E-state index in [0.29, 0.717) is 12.0 Å². The zero-order valence-electron chi connectivity index (χ0n) is 16.2. The van der Waals surface area contributed by atoms with Crippen LogP contribution in [0.3, 0.4) is 0 Å². The van der Waals surface area contributed by atoms with Gasteiger partial charge in [-0.25, -0.2) is 0 Å². The van der Waals surface area contributed by atoms with Crippen LogP contribution in [-0.2, 0) is 11.8 Å². The number of methoxy groups -OCH3 is 1. The Kier molecular flexibility index (Phi) is 3.81. The van der Waals surface area contributed by atoms with Gasteiger partial charge in [-0.05, 0) is 55.7 Å². The SMILES string of the molecule is CCC(C)CN1CC[C@@]23c4c5ccc(OC)c4OC2[C@H](O)CC[C@@H]3[C@@H]1C5. The Morgan fingerprint density at radius 1 is 1.38 bits per heavy atom. The van der Waals surface area contributed by atoms with Crippen LogP contribution in [0.2, 0.25) is 0 Å². The van der Waals surface area contributed by atoms with E-state index in [1.54, 1.807) is 7.11 Å². The summed E-state index contributed by atoms with van der Waals surface area (Å²) < 4.78 is 12.1. The van der Waals surface area contributed by atoms with E-state index in [4.69, 9.17) is 9.47 Å². The first kappa shape index (κ1) is 16.9. The van der Waals surface area contributed by atoms with Gasteiger partial charge in [0.2, 0.25) is 0 Å². The summed E-state index contributed by atoms with van der Waals surface area (Å²) in [7, 11) is 1.72. The minimum Gasteiger partial charge on any atom is -0.493 e. The number of aliphatic hydroxyl groups excluding tert-OH is 1. The highest BCUT2D eigenvalue weighted by Gasteiger charge is 2.65. The number of ether oxygens (including phenoxy) is 2. The largest absolute Gasteiger partial charge is 0.493 e. The standard InChI is InChI=1S/C22H31NO3/c1-4-13(2)12-23-10-9-22-15-6-7-17(24)21(22)26-20-18(25-3)8-5-14(19(20)22)11-16(15)23/h5,8,13,15-17,21,24H,4,6-7,9-12H2,1-3H3/t13?,15-,16+,17-,21?,22-/m1/s1. The maximum Gasteiger partial charge on any atom is 0.165 e. The van der Waals surface area contributed by atoms with Crippen molar-refractivity contribution < 1.29 is 14.6 Å². The second-order valence-corrected chi connectivity index (χ2v) is 8.99. The number of nitrogens with zero attached hydrogens (tertiary/aromatic N) is 1. The molecule has 0 aromatic heterocycles. The van der Waals surface area contributed by atoms with E-state index < -0.39 is 0 Å². The lowest BCUT2D eigenvalue weighted by atomic mass is 9.51. The van der Waals surface area contributed by atoms with Gasteiger partial charge in [-0.15, -0.1) is 0 Å². The molecule has 1 aromatic carbocycles. The van der Waals surface area contributed by atoms with Gasteiger partial charge in [0.05, 0.1) is 13.2 Å². The molecule has 1 N–H and O–H groups in total. The van der Waals surface area contributed by atoms with E-state index in [2.05, 4.69) is 30.9 Å². The molecule has 1 saturated heterocycles. The summed E-state index contributed by atoms with van der Waals surface area (Å²) in [5.74, 6) is 3.09. The summed E-state index contributed by atoms with van der Waals surface area (Å²) in [6, 6.07) is 4.90. The van der Waals surface area contributed by atoms with Crippen molar-refractivity contribution in [3.05, 3.63) is 23.3 Å². The van der Waals surface area contributed by atoms with Crippen LogP contribution in [0.15, 0.2) is 12.1 Å². The molecule has 4 heteroatoms. The van der Waals surface area contributed by atoms with Gasteiger partial charge in [0.15, 0.2) is 11.5 Å². The lowest BCUT2D eigenvalue weighted by Crippen LogP contribution is -2.67. The molecule has 4 aliphatic rings. The van der Waals surface area contributed by atoms with Crippen molar-refractivity contribution in [2.75, 3.05) is 20.2 Å². The molecule has 1 saturated carbocycles. The predicted molar refractivity (Wildman–Crippen MR) is 101 cm³/mol. The number of benzene rings is 1. The third-order valence-electron chi connectivity index (χ3n) is 7.85. The molecule has 4 nitrogen and oxygen atoms in total. The number of rotatable bonds is 4. The molecule has 6 atom stereocenters. The molecule has 2 fully saturated rings. The fourth-order valence-electron chi connectivity index (χ4n) is 6.50.